The second-order valence-corrected chi connectivity index (χ2v) is 5.49. The molecule has 1 fully saturated rings. The number of aliphatic hydroxyl groups is 3. The molecule has 0 aromatic heterocycles. The van der Waals surface area contributed by atoms with Crippen LogP contribution in [0, 0.1) is 0 Å². The monoisotopic (exact) mass is 308 g/mol. The van der Waals surface area contributed by atoms with Gasteiger partial charge in [0.2, 0.25) is 0 Å². The van der Waals surface area contributed by atoms with E-state index in [0.29, 0.717) is 19.3 Å². The molecule has 1 aliphatic rings. The van der Waals surface area contributed by atoms with E-state index in [1.54, 1.807) is 0 Å². The van der Waals surface area contributed by atoms with Crippen LogP contribution in [0.5, 0.6) is 0 Å². The van der Waals surface area contributed by atoms with Crippen LogP contribution in [0.1, 0.15) is 19.3 Å². The third-order valence-electron chi connectivity index (χ3n) is 3.36. The predicted octanol–water partition coefficient (Wildman–Crippen LogP) is -0.684. The summed E-state index contributed by atoms with van der Waals surface area (Å²) in [6.45, 7) is 0.783. The van der Waals surface area contributed by atoms with Gasteiger partial charge in [-0.15, -0.1) is 0 Å². The van der Waals surface area contributed by atoms with E-state index in [4.69, 9.17) is 18.9 Å². The quantitative estimate of drug-likeness (QED) is 0.492. The van der Waals surface area contributed by atoms with Crippen LogP contribution in [0.25, 0.3) is 0 Å². The molecule has 0 heterocycles. The molecule has 126 valence electrons. The van der Waals surface area contributed by atoms with E-state index in [2.05, 4.69) is 0 Å². The van der Waals surface area contributed by atoms with Crippen LogP contribution in [0.2, 0.25) is 0 Å². The normalized spacial score (nSPS) is 29.3. The Morgan fingerprint density at radius 3 is 1.62 bits per heavy atom. The van der Waals surface area contributed by atoms with E-state index < -0.39 is 18.3 Å². The predicted molar refractivity (Wildman–Crippen MR) is 75.1 cm³/mol. The Hall–Kier alpha value is -0.280. The van der Waals surface area contributed by atoms with Crippen molar-refractivity contribution in [2.75, 3.05) is 40.6 Å². The minimum absolute atomic E-state index is 0.162. The van der Waals surface area contributed by atoms with Crippen LogP contribution >= 0.6 is 0 Å². The van der Waals surface area contributed by atoms with Gasteiger partial charge in [0.25, 0.3) is 0 Å². The fourth-order valence-corrected chi connectivity index (χ4v) is 2.44. The average molecular weight is 308 g/mol. The number of methoxy groups -OCH3 is 2. The summed E-state index contributed by atoms with van der Waals surface area (Å²) < 4.78 is 20.8. The molecule has 4 unspecified atom stereocenters. The Kier molecular flexibility index (Phi) is 9.34. The van der Waals surface area contributed by atoms with E-state index in [0.717, 1.165) is 0 Å². The maximum absolute atomic E-state index is 9.85. The molecule has 3 N–H and O–H groups in total. The van der Waals surface area contributed by atoms with Crippen molar-refractivity contribution in [1.82, 2.24) is 0 Å². The molecule has 1 aliphatic carbocycles. The second-order valence-electron chi connectivity index (χ2n) is 5.49. The Morgan fingerprint density at radius 2 is 1.24 bits per heavy atom. The maximum atomic E-state index is 9.85. The van der Waals surface area contributed by atoms with Gasteiger partial charge in [0.1, 0.15) is 12.2 Å². The number of aliphatic hydroxyl groups excluding tert-OH is 3. The topological polar surface area (TPSA) is 97.6 Å². The highest BCUT2D eigenvalue weighted by atomic mass is 16.5. The van der Waals surface area contributed by atoms with Crippen LogP contribution < -0.4 is 0 Å². The fourth-order valence-electron chi connectivity index (χ4n) is 2.44. The van der Waals surface area contributed by atoms with Gasteiger partial charge < -0.3 is 34.3 Å². The van der Waals surface area contributed by atoms with Crippen molar-refractivity contribution in [1.29, 1.82) is 0 Å². The van der Waals surface area contributed by atoms with Crippen molar-refractivity contribution in [3.8, 4) is 0 Å². The highest BCUT2D eigenvalue weighted by Gasteiger charge is 2.29. The molecule has 1 saturated carbocycles. The van der Waals surface area contributed by atoms with Gasteiger partial charge in [-0.25, -0.2) is 0 Å². The first-order valence-corrected chi connectivity index (χ1v) is 7.30. The SMILES string of the molecule is COCC(O)COC1CC(O)CC(OCC(O)COC)C1. The van der Waals surface area contributed by atoms with Crippen LogP contribution in [-0.2, 0) is 18.9 Å². The summed E-state index contributed by atoms with van der Waals surface area (Å²) in [5.74, 6) is 0. The van der Waals surface area contributed by atoms with Gasteiger partial charge in [0, 0.05) is 14.2 Å². The summed E-state index contributed by atoms with van der Waals surface area (Å²) in [6.07, 6.45) is -0.465. The summed E-state index contributed by atoms with van der Waals surface area (Å²) in [5.41, 5.74) is 0. The largest absolute Gasteiger partial charge is 0.393 e. The second kappa shape index (κ2) is 10.4. The van der Waals surface area contributed by atoms with Crippen LogP contribution in [-0.4, -0.2) is 86.5 Å². The minimum atomic E-state index is -0.669. The summed E-state index contributed by atoms with van der Waals surface area (Å²) in [4.78, 5) is 0. The highest BCUT2D eigenvalue weighted by molar-refractivity contribution is 4.80. The molecule has 0 saturated heterocycles. The van der Waals surface area contributed by atoms with Crippen molar-refractivity contribution in [2.45, 2.75) is 49.8 Å². The molecule has 0 aromatic rings. The average Bonchev–Trinajstić information content (AvgIpc) is 2.43. The Morgan fingerprint density at radius 1 is 0.810 bits per heavy atom. The standard InChI is InChI=1S/C14H28O7/c1-18-6-11(16)8-20-13-3-10(15)4-14(5-13)21-9-12(17)7-19-2/h10-17H,3-9H2,1-2H3. The van der Waals surface area contributed by atoms with Gasteiger partial charge in [-0.05, 0) is 19.3 Å². The fraction of sp³-hybridized carbons (Fsp3) is 1.00. The molecular formula is C14H28O7. The van der Waals surface area contributed by atoms with Crippen molar-refractivity contribution in [3.63, 3.8) is 0 Å². The van der Waals surface area contributed by atoms with Gasteiger partial charge in [0.15, 0.2) is 0 Å². The van der Waals surface area contributed by atoms with Crippen LogP contribution in [0.4, 0.5) is 0 Å². The Labute approximate surface area is 125 Å². The third kappa shape index (κ3) is 8.06. The van der Waals surface area contributed by atoms with E-state index in [1.165, 1.54) is 14.2 Å². The molecule has 0 spiro atoms. The van der Waals surface area contributed by atoms with Crippen molar-refractivity contribution >= 4 is 0 Å². The summed E-state index contributed by atoms with van der Waals surface area (Å²) in [7, 11) is 3.03. The molecule has 7 nitrogen and oxygen atoms in total. The molecule has 0 amide bonds. The summed E-state index contributed by atoms with van der Waals surface area (Å²) >= 11 is 0. The highest BCUT2D eigenvalue weighted by Crippen LogP contribution is 2.24. The van der Waals surface area contributed by atoms with Gasteiger partial charge in [-0.2, -0.15) is 0 Å². The zero-order valence-electron chi connectivity index (χ0n) is 12.8. The molecule has 0 radical (unpaired) electrons. The van der Waals surface area contributed by atoms with Crippen molar-refractivity contribution in [3.05, 3.63) is 0 Å². The van der Waals surface area contributed by atoms with E-state index in [9.17, 15) is 15.3 Å². The maximum Gasteiger partial charge on any atom is 0.101 e. The smallest absolute Gasteiger partial charge is 0.101 e. The van der Waals surface area contributed by atoms with Gasteiger partial charge in [-0.1, -0.05) is 0 Å². The van der Waals surface area contributed by atoms with Gasteiger partial charge in [0.05, 0.1) is 44.7 Å². The van der Waals surface area contributed by atoms with Gasteiger partial charge >= 0.3 is 0 Å². The molecular weight excluding hydrogens is 280 g/mol. The molecule has 21 heavy (non-hydrogen) atoms. The molecule has 7 heteroatoms. The molecule has 0 bridgehead atoms. The minimum Gasteiger partial charge on any atom is -0.393 e. The van der Waals surface area contributed by atoms with Gasteiger partial charge in [-0.3, -0.25) is 0 Å². The first-order valence-electron chi connectivity index (χ1n) is 7.30. The number of hydrogen-bond donors (Lipinski definition) is 3. The number of hydrogen-bond acceptors (Lipinski definition) is 7. The first kappa shape index (κ1) is 18.8. The van der Waals surface area contributed by atoms with Crippen LogP contribution in [0.15, 0.2) is 0 Å². The lowest BCUT2D eigenvalue weighted by atomic mass is 9.92. The zero-order valence-corrected chi connectivity index (χ0v) is 12.8. The lowest BCUT2D eigenvalue weighted by Gasteiger charge is -2.33. The van der Waals surface area contributed by atoms with Crippen LogP contribution in [0.3, 0.4) is 0 Å². The van der Waals surface area contributed by atoms with Crippen molar-refractivity contribution < 1.29 is 34.3 Å². The summed E-state index contributed by atoms with van der Waals surface area (Å²) in [6, 6.07) is 0. The number of rotatable bonds is 10. The lowest BCUT2D eigenvalue weighted by molar-refractivity contribution is -0.114. The Bertz CT molecular complexity index is 240. The number of ether oxygens (including phenoxy) is 4. The summed E-state index contributed by atoms with van der Waals surface area (Å²) in [5, 5.41) is 29.0. The van der Waals surface area contributed by atoms with E-state index in [1.807, 2.05) is 0 Å². The molecule has 0 aromatic carbocycles. The van der Waals surface area contributed by atoms with E-state index in [-0.39, 0.29) is 38.6 Å². The first-order chi connectivity index (χ1) is 10.0. The zero-order chi connectivity index (χ0) is 15.7. The molecule has 1 rings (SSSR count). The molecule has 0 aliphatic heterocycles. The lowest BCUT2D eigenvalue weighted by Crippen LogP contribution is -2.38. The molecule has 4 atom stereocenters. The van der Waals surface area contributed by atoms with Crippen molar-refractivity contribution in [2.24, 2.45) is 0 Å². The Balaban J connectivity index is 2.29. The third-order valence-corrected chi connectivity index (χ3v) is 3.36. The van der Waals surface area contributed by atoms with E-state index >= 15 is 0 Å².